The molecule has 0 aliphatic heterocycles. The highest BCUT2D eigenvalue weighted by Crippen LogP contribution is 2.30. The molecule has 464 valence electrons. The number of Topliss-reactive ketones (excluding diaryl/α,β-unsaturated/α-hetero) is 6. The molecular formula is C74H72O16. The lowest BCUT2D eigenvalue weighted by Gasteiger charge is -2.10. The molecule has 0 aromatic heterocycles. The largest absolute Gasteiger partial charge is 0.504 e. The summed E-state index contributed by atoms with van der Waals surface area (Å²) in [6.07, 6.45) is 7.22. The molecule has 0 fully saturated rings. The van der Waals surface area contributed by atoms with Crippen molar-refractivity contribution in [1.82, 2.24) is 0 Å². The van der Waals surface area contributed by atoms with E-state index in [-0.39, 0.29) is 94.9 Å². The van der Waals surface area contributed by atoms with Gasteiger partial charge >= 0.3 is 0 Å². The third-order valence-corrected chi connectivity index (χ3v) is 13.8. The number of hydrogen-bond donors (Lipinski definition) is 4. The van der Waals surface area contributed by atoms with Crippen molar-refractivity contribution in [3.8, 4) is 46.0 Å². The Hall–Kier alpha value is -11.0. The lowest BCUT2D eigenvalue weighted by atomic mass is 9.92. The van der Waals surface area contributed by atoms with Crippen LogP contribution in [0, 0.1) is 11.8 Å². The normalized spacial score (nSPS) is 11.2. The summed E-state index contributed by atoms with van der Waals surface area (Å²) in [7, 11) is 5.85. The smallest absolute Gasteiger partial charge is 0.173 e. The molecule has 90 heavy (non-hydrogen) atoms. The molecule has 8 rings (SSSR count). The molecule has 4 N–H and O–H groups in total. The fourth-order valence-electron chi connectivity index (χ4n) is 8.55. The Morgan fingerprint density at radius 1 is 0.389 bits per heavy atom. The van der Waals surface area contributed by atoms with Crippen LogP contribution in [0.2, 0.25) is 0 Å². The number of hydrogen-bond acceptors (Lipinski definition) is 16. The molecule has 8 aromatic carbocycles. The molecule has 8 aromatic rings. The van der Waals surface area contributed by atoms with Crippen LogP contribution in [-0.4, -0.2) is 95.1 Å². The Balaban J connectivity index is 0.000000218. The quantitative estimate of drug-likeness (QED) is 0.0223. The van der Waals surface area contributed by atoms with Crippen LogP contribution in [0.5, 0.6) is 46.0 Å². The molecule has 0 bridgehead atoms. The van der Waals surface area contributed by atoms with Crippen LogP contribution in [0.4, 0.5) is 0 Å². The highest BCUT2D eigenvalue weighted by atomic mass is 16.5. The average Bonchev–Trinajstić information content (AvgIpc) is 2.40. The van der Waals surface area contributed by atoms with Crippen LogP contribution in [0.15, 0.2) is 206 Å². The fraction of sp³-hybridized carbons (Fsp3) is 0.189. The first-order valence-corrected chi connectivity index (χ1v) is 28.5. The van der Waals surface area contributed by atoms with Crippen molar-refractivity contribution in [3.05, 3.63) is 251 Å². The van der Waals surface area contributed by atoms with Gasteiger partial charge in [0.05, 0.1) is 53.1 Å². The Bertz CT molecular complexity index is 3780. The molecule has 0 amide bonds. The summed E-state index contributed by atoms with van der Waals surface area (Å²) in [5.74, 6) is -1.25. The predicted octanol–water partition coefficient (Wildman–Crippen LogP) is 13.4. The number of ether oxygens (including phenoxy) is 4. The summed E-state index contributed by atoms with van der Waals surface area (Å²) in [6.45, 7) is 3.24. The lowest BCUT2D eigenvalue weighted by Crippen LogP contribution is -2.21. The summed E-state index contributed by atoms with van der Waals surface area (Å²) in [4.78, 5) is 96.5. The number of phenolic OH excluding ortho intramolecular Hbond substituents is 4. The molecular weight excluding hydrogens is 1140 g/mol. The topological polar surface area (TPSA) is 254 Å². The summed E-state index contributed by atoms with van der Waals surface area (Å²) in [5, 5.41) is 38.1. The third kappa shape index (κ3) is 22.4. The van der Waals surface area contributed by atoms with E-state index >= 15 is 0 Å². The number of methoxy groups -OCH3 is 4. The average molecular weight is 1220 g/mol. The van der Waals surface area contributed by atoms with E-state index in [1.807, 2.05) is 24.3 Å². The molecule has 2 atom stereocenters. The molecule has 0 saturated heterocycles. The van der Waals surface area contributed by atoms with Gasteiger partial charge in [0.15, 0.2) is 80.7 Å². The van der Waals surface area contributed by atoms with E-state index in [2.05, 4.69) is 0 Å². The van der Waals surface area contributed by atoms with Gasteiger partial charge in [-0.15, -0.1) is 0 Å². The zero-order chi connectivity index (χ0) is 65.5. The second-order valence-electron chi connectivity index (χ2n) is 20.3. The number of allylic oxidation sites excluding steroid dienone is 2. The van der Waals surface area contributed by atoms with Gasteiger partial charge in [-0.2, -0.15) is 0 Å². The first-order valence-electron chi connectivity index (χ1n) is 28.5. The van der Waals surface area contributed by atoms with Crippen LogP contribution in [0.3, 0.4) is 0 Å². The number of aromatic hydroxyl groups is 4. The van der Waals surface area contributed by atoms with Gasteiger partial charge in [-0.05, 0) is 110 Å². The minimum absolute atomic E-state index is 0.0311. The monoisotopic (exact) mass is 1220 g/mol. The first-order chi connectivity index (χ1) is 43.2. The second-order valence-corrected chi connectivity index (χ2v) is 20.3. The molecule has 2 unspecified atom stereocenters. The number of rotatable bonds is 26. The van der Waals surface area contributed by atoms with Crippen molar-refractivity contribution < 1.29 is 77.7 Å². The molecule has 16 nitrogen and oxygen atoms in total. The van der Waals surface area contributed by atoms with E-state index in [9.17, 15) is 58.8 Å². The van der Waals surface area contributed by atoms with Crippen molar-refractivity contribution >= 4 is 58.4 Å². The zero-order valence-corrected chi connectivity index (χ0v) is 50.9. The number of aryl methyl sites for hydroxylation is 2. The minimum atomic E-state index is -0.743. The van der Waals surface area contributed by atoms with Crippen molar-refractivity contribution in [2.75, 3.05) is 28.4 Å². The number of carbonyl (C=O) groups excluding carboxylic acids is 8. The Kier molecular flexibility index (Phi) is 28.1. The SMILES string of the molecule is COc1cc(/C=C/C(=O)C(C)C(=O)c2ccccc2)ccc1O.COc1cc(/C=C/C(=O)CC(=O)c2ccccc2)ccc1O.COc1cc(CCC(=O)C(C)C(=O)c2ccccc2)ccc1O.COc1cc(CCC(=O)CC(=O)c2ccccc2)ccc1O. The van der Waals surface area contributed by atoms with Gasteiger partial charge in [0.1, 0.15) is 11.6 Å². The molecule has 0 aliphatic rings. The van der Waals surface area contributed by atoms with Crippen molar-refractivity contribution in [3.63, 3.8) is 0 Å². The molecule has 0 radical (unpaired) electrons. The van der Waals surface area contributed by atoms with Crippen LogP contribution in [0.1, 0.15) is 103 Å². The van der Waals surface area contributed by atoms with Gasteiger partial charge in [0.2, 0.25) is 0 Å². The predicted molar refractivity (Wildman–Crippen MR) is 344 cm³/mol. The number of ketones is 8. The van der Waals surface area contributed by atoms with Gasteiger partial charge in [-0.25, -0.2) is 0 Å². The fourth-order valence-corrected chi connectivity index (χ4v) is 8.55. The number of phenols is 4. The first kappa shape index (κ1) is 69.8. The van der Waals surface area contributed by atoms with Crippen LogP contribution < -0.4 is 18.9 Å². The van der Waals surface area contributed by atoms with Gasteiger partial charge in [0, 0.05) is 35.1 Å². The summed E-state index contributed by atoms with van der Waals surface area (Å²) in [5.41, 5.74) is 5.33. The van der Waals surface area contributed by atoms with Gasteiger partial charge < -0.3 is 39.4 Å². The zero-order valence-electron chi connectivity index (χ0n) is 50.9. The van der Waals surface area contributed by atoms with E-state index in [0.29, 0.717) is 69.2 Å². The van der Waals surface area contributed by atoms with Crippen LogP contribution >= 0.6 is 0 Å². The number of carbonyl (C=O) groups is 8. The lowest BCUT2D eigenvalue weighted by molar-refractivity contribution is -0.121. The second kappa shape index (κ2) is 36.2. The Morgan fingerprint density at radius 2 is 0.733 bits per heavy atom. The number of benzene rings is 8. The maximum absolute atomic E-state index is 12.3. The van der Waals surface area contributed by atoms with Gasteiger partial charge in [-0.1, -0.05) is 158 Å². The van der Waals surface area contributed by atoms with E-state index in [1.54, 1.807) is 172 Å². The third-order valence-electron chi connectivity index (χ3n) is 13.8. The summed E-state index contributed by atoms with van der Waals surface area (Å²) < 4.78 is 20.1. The van der Waals surface area contributed by atoms with Crippen molar-refractivity contribution in [2.45, 2.75) is 52.4 Å². The van der Waals surface area contributed by atoms with E-state index in [0.717, 1.165) is 11.1 Å². The highest BCUT2D eigenvalue weighted by Gasteiger charge is 2.23. The molecule has 0 spiro atoms. The van der Waals surface area contributed by atoms with Crippen molar-refractivity contribution in [1.29, 1.82) is 0 Å². The standard InChI is InChI=1S/C19H20O4.C19H18O4.C18H18O4.C18H16O4/c2*1-13(19(22)15-6-4-3-5-7-15)16(20)10-8-14-9-11-17(21)18(12-14)23-2;2*1-22-18-11-13(8-10-16(18)20)7-9-15(19)12-17(21)14-5-3-2-4-6-14/h3-7,9,11-13,21H,8,10H2,1-2H3;3-13,21H,1-2H3;2-6,8,10-11,20H,7,9,12H2,1H3;2-11,20H,12H2,1H3/b;10-8+;;9-7+. The van der Waals surface area contributed by atoms with E-state index in [1.165, 1.54) is 64.9 Å². The van der Waals surface area contributed by atoms with E-state index < -0.39 is 11.8 Å². The summed E-state index contributed by atoms with van der Waals surface area (Å²) >= 11 is 0. The molecule has 0 saturated carbocycles. The van der Waals surface area contributed by atoms with E-state index in [4.69, 9.17) is 18.9 Å². The van der Waals surface area contributed by atoms with Crippen molar-refractivity contribution in [2.24, 2.45) is 11.8 Å². The maximum atomic E-state index is 12.3. The maximum Gasteiger partial charge on any atom is 0.173 e. The van der Waals surface area contributed by atoms with Crippen LogP contribution in [-0.2, 0) is 32.0 Å². The Morgan fingerprint density at radius 3 is 1.14 bits per heavy atom. The Labute approximate surface area is 523 Å². The van der Waals surface area contributed by atoms with Crippen LogP contribution in [0.25, 0.3) is 12.2 Å². The van der Waals surface area contributed by atoms with Gasteiger partial charge in [-0.3, -0.25) is 38.4 Å². The highest BCUT2D eigenvalue weighted by molar-refractivity contribution is 6.15. The molecule has 0 aliphatic carbocycles. The van der Waals surface area contributed by atoms with Gasteiger partial charge in [0.25, 0.3) is 0 Å². The molecule has 16 heteroatoms. The molecule has 0 heterocycles. The minimum Gasteiger partial charge on any atom is -0.504 e. The summed E-state index contributed by atoms with van der Waals surface area (Å²) in [6, 6.07) is 54.6.